The molecule has 0 spiro atoms. The van der Waals surface area contributed by atoms with Crippen LogP contribution in [0, 0.1) is 0 Å². The molecule has 5 nitrogen and oxygen atoms in total. The first-order chi connectivity index (χ1) is 11.2. The maximum absolute atomic E-state index is 6.36. The van der Waals surface area contributed by atoms with Gasteiger partial charge >= 0.3 is 0 Å². The zero-order chi connectivity index (χ0) is 16.2. The highest BCUT2D eigenvalue weighted by Gasteiger charge is 2.20. The predicted molar refractivity (Wildman–Crippen MR) is 95.6 cm³/mol. The van der Waals surface area contributed by atoms with Crippen LogP contribution in [0.3, 0.4) is 0 Å². The third-order valence-corrected chi connectivity index (χ3v) is 4.30. The second-order valence-electron chi connectivity index (χ2n) is 5.59. The first-order valence-corrected chi connectivity index (χ1v) is 8.19. The van der Waals surface area contributed by atoms with Crippen LogP contribution in [0.25, 0.3) is 5.65 Å². The number of nitrogens with one attached hydrogen (secondary N) is 1. The van der Waals surface area contributed by atoms with Crippen molar-refractivity contribution in [1.82, 2.24) is 14.6 Å². The molecule has 1 atom stereocenters. The lowest BCUT2D eigenvalue weighted by atomic mass is 9.96. The average molecular weight is 328 g/mol. The SMILES string of the molecule is [B]c1cnn2c(NCCCCN)cc(C3CC=CC=C3Cl)nc12. The fourth-order valence-corrected chi connectivity index (χ4v) is 2.93. The molecule has 0 amide bonds. The molecule has 0 fully saturated rings. The summed E-state index contributed by atoms with van der Waals surface area (Å²) in [7, 11) is 6.00. The number of fused-ring (bicyclic) bond motifs is 1. The number of halogens is 1. The van der Waals surface area contributed by atoms with Crippen LogP contribution in [-0.4, -0.2) is 35.5 Å². The minimum Gasteiger partial charge on any atom is -0.370 e. The number of allylic oxidation sites excluding steroid dienone is 4. The van der Waals surface area contributed by atoms with Gasteiger partial charge in [0.25, 0.3) is 0 Å². The highest BCUT2D eigenvalue weighted by atomic mass is 35.5. The van der Waals surface area contributed by atoms with E-state index in [1.165, 1.54) is 0 Å². The van der Waals surface area contributed by atoms with Gasteiger partial charge in [-0.15, -0.1) is 0 Å². The Labute approximate surface area is 142 Å². The van der Waals surface area contributed by atoms with Crippen LogP contribution in [-0.2, 0) is 0 Å². The van der Waals surface area contributed by atoms with Crippen LogP contribution in [0.15, 0.2) is 35.5 Å². The first-order valence-electron chi connectivity index (χ1n) is 7.81. The normalized spacial score (nSPS) is 17.5. The number of hydrogen-bond acceptors (Lipinski definition) is 4. The second-order valence-corrected chi connectivity index (χ2v) is 6.03. The number of rotatable bonds is 6. The van der Waals surface area contributed by atoms with Gasteiger partial charge < -0.3 is 11.1 Å². The summed E-state index contributed by atoms with van der Waals surface area (Å²) in [5, 5.41) is 8.49. The molecule has 0 aliphatic heterocycles. The van der Waals surface area contributed by atoms with Crippen molar-refractivity contribution in [2.75, 3.05) is 18.4 Å². The van der Waals surface area contributed by atoms with Crippen LogP contribution in [0.4, 0.5) is 5.82 Å². The van der Waals surface area contributed by atoms with Crippen LogP contribution in [0.1, 0.15) is 30.9 Å². The van der Waals surface area contributed by atoms with Gasteiger partial charge in [0, 0.05) is 29.8 Å². The van der Waals surface area contributed by atoms with E-state index in [2.05, 4.69) is 21.5 Å². The molecule has 0 saturated heterocycles. The number of anilines is 1. The van der Waals surface area contributed by atoms with Gasteiger partial charge in [-0.1, -0.05) is 23.8 Å². The summed E-state index contributed by atoms with van der Waals surface area (Å²) >= 11 is 6.36. The van der Waals surface area contributed by atoms with Gasteiger partial charge in [0.2, 0.25) is 0 Å². The Bertz CT molecular complexity index is 752. The predicted octanol–water partition coefficient (Wildman–Crippen LogP) is 1.84. The van der Waals surface area contributed by atoms with E-state index in [0.29, 0.717) is 17.7 Å². The Morgan fingerprint density at radius 1 is 1.43 bits per heavy atom. The lowest BCUT2D eigenvalue weighted by Crippen LogP contribution is -2.14. The molecule has 1 unspecified atom stereocenters. The van der Waals surface area contributed by atoms with Crippen LogP contribution >= 0.6 is 11.6 Å². The molecular formula is C16H19BClN5. The Morgan fingerprint density at radius 3 is 3.09 bits per heavy atom. The largest absolute Gasteiger partial charge is 0.370 e. The summed E-state index contributed by atoms with van der Waals surface area (Å²) in [6.45, 7) is 1.52. The van der Waals surface area contributed by atoms with E-state index in [-0.39, 0.29) is 5.92 Å². The summed E-state index contributed by atoms with van der Waals surface area (Å²) in [6, 6.07) is 2.00. The van der Waals surface area contributed by atoms with Gasteiger partial charge in [-0.3, -0.25) is 0 Å². The molecule has 1 aliphatic carbocycles. The van der Waals surface area contributed by atoms with Crippen LogP contribution in [0.2, 0.25) is 0 Å². The third kappa shape index (κ3) is 3.43. The summed E-state index contributed by atoms with van der Waals surface area (Å²) in [6.07, 6.45) is 10.4. The number of unbranched alkanes of at least 4 members (excludes halogenated alkanes) is 1. The van der Waals surface area contributed by atoms with E-state index in [1.54, 1.807) is 10.7 Å². The third-order valence-electron chi connectivity index (χ3n) is 3.91. The van der Waals surface area contributed by atoms with E-state index in [0.717, 1.165) is 42.4 Å². The first kappa shape index (κ1) is 16.1. The van der Waals surface area contributed by atoms with Gasteiger partial charge in [-0.05, 0) is 37.3 Å². The standard InChI is InChI=1S/C16H19BClN5/c17-12-10-21-23-15(20-8-4-3-7-19)9-14(22-16(12)23)11-5-1-2-6-13(11)18/h1-2,6,9-11,20H,3-5,7-8,19H2. The molecule has 2 radical (unpaired) electrons. The molecule has 3 rings (SSSR count). The zero-order valence-corrected chi connectivity index (χ0v) is 13.6. The topological polar surface area (TPSA) is 68.2 Å². The maximum atomic E-state index is 6.36. The van der Waals surface area contributed by atoms with Gasteiger partial charge in [-0.25, -0.2) is 4.98 Å². The fraction of sp³-hybridized carbons (Fsp3) is 0.375. The van der Waals surface area contributed by atoms with E-state index in [1.807, 2.05) is 18.2 Å². The molecule has 0 saturated carbocycles. The molecular weight excluding hydrogens is 308 g/mol. The van der Waals surface area contributed by atoms with E-state index in [4.69, 9.17) is 25.2 Å². The quantitative estimate of drug-likeness (QED) is 0.627. The Balaban J connectivity index is 1.94. The number of hydrogen-bond donors (Lipinski definition) is 2. The van der Waals surface area contributed by atoms with Crippen molar-refractivity contribution in [1.29, 1.82) is 0 Å². The monoisotopic (exact) mass is 327 g/mol. The van der Waals surface area contributed by atoms with Gasteiger partial charge in [-0.2, -0.15) is 9.61 Å². The van der Waals surface area contributed by atoms with E-state index >= 15 is 0 Å². The Kier molecular flexibility index (Phi) is 5.03. The molecule has 7 heteroatoms. The van der Waals surface area contributed by atoms with Gasteiger partial charge in [0.1, 0.15) is 13.7 Å². The van der Waals surface area contributed by atoms with Crippen LogP contribution in [0.5, 0.6) is 0 Å². The van der Waals surface area contributed by atoms with Gasteiger partial charge in [0.15, 0.2) is 5.65 Å². The molecule has 0 bridgehead atoms. The molecule has 2 aromatic rings. The van der Waals surface area contributed by atoms with Crippen molar-refractivity contribution in [3.8, 4) is 0 Å². The number of nitrogens with zero attached hydrogens (tertiary/aromatic N) is 3. The molecule has 2 heterocycles. The van der Waals surface area contributed by atoms with Crippen molar-refractivity contribution >= 4 is 36.4 Å². The lowest BCUT2D eigenvalue weighted by Gasteiger charge is -2.18. The van der Waals surface area contributed by atoms with Crippen molar-refractivity contribution < 1.29 is 0 Å². The van der Waals surface area contributed by atoms with Gasteiger partial charge in [0.05, 0.1) is 5.69 Å². The summed E-state index contributed by atoms with van der Waals surface area (Å²) in [5.41, 5.74) is 7.65. The van der Waals surface area contributed by atoms with Crippen LogP contribution < -0.4 is 16.5 Å². The van der Waals surface area contributed by atoms with Crippen molar-refractivity contribution in [3.63, 3.8) is 0 Å². The van der Waals surface area contributed by atoms with Crippen molar-refractivity contribution in [2.24, 2.45) is 5.73 Å². The van der Waals surface area contributed by atoms with E-state index < -0.39 is 0 Å². The summed E-state index contributed by atoms with van der Waals surface area (Å²) in [5.74, 6) is 0.934. The van der Waals surface area contributed by atoms with Crippen molar-refractivity contribution in [3.05, 3.63) is 41.2 Å². The van der Waals surface area contributed by atoms with Crippen molar-refractivity contribution in [2.45, 2.75) is 25.2 Å². The molecule has 118 valence electrons. The minimum absolute atomic E-state index is 0.0607. The Morgan fingerprint density at radius 2 is 2.30 bits per heavy atom. The van der Waals surface area contributed by atoms with E-state index in [9.17, 15) is 0 Å². The fourth-order valence-electron chi connectivity index (χ4n) is 2.65. The molecule has 2 aromatic heterocycles. The second kappa shape index (κ2) is 7.19. The zero-order valence-electron chi connectivity index (χ0n) is 12.9. The highest BCUT2D eigenvalue weighted by Crippen LogP contribution is 2.33. The maximum Gasteiger partial charge on any atom is 0.150 e. The molecule has 0 aromatic carbocycles. The smallest absolute Gasteiger partial charge is 0.150 e. The number of nitrogens with two attached hydrogens (primary N) is 1. The molecule has 1 aliphatic rings. The highest BCUT2D eigenvalue weighted by molar-refractivity contribution is 6.36. The Hall–Kier alpha value is -1.79. The number of aromatic nitrogens is 3. The molecule has 3 N–H and O–H groups in total. The minimum atomic E-state index is 0.0607. The summed E-state index contributed by atoms with van der Waals surface area (Å²) in [4.78, 5) is 4.67. The summed E-state index contributed by atoms with van der Waals surface area (Å²) < 4.78 is 1.73. The molecule has 23 heavy (non-hydrogen) atoms. The lowest BCUT2D eigenvalue weighted by molar-refractivity contribution is 0.762. The average Bonchev–Trinajstić information content (AvgIpc) is 2.93.